The van der Waals surface area contributed by atoms with Crippen LogP contribution in [-0.2, 0) is 4.74 Å². The maximum absolute atomic E-state index is 8.87. The summed E-state index contributed by atoms with van der Waals surface area (Å²) in [7, 11) is 0. The summed E-state index contributed by atoms with van der Waals surface area (Å²) in [6.07, 6.45) is 0.255. The summed E-state index contributed by atoms with van der Waals surface area (Å²) in [5.74, 6) is 0.0819. The van der Waals surface area contributed by atoms with Crippen molar-refractivity contribution in [2.75, 3.05) is 18.0 Å². The third-order valence-electron chi connectivity index (χ3n) is 3.10. The Hall–Kier alpha value is -1.46. The van der Waals surface area contributed by atoms with Gasteiger partial charge in [0.05, 0.1) is 12.2 Å². The van der Waals surface area contributed by atoms with Gasteiger partial charge in [-0.15, -0.1) is 0 Å². The van der Waals surface area contributed by atoms with Crippen LogP contribution in [0, 0.1) is 0 Å². The van der Waals surface area contributed by atoms with E-state index in [0.29, 0.717) is 10.6 Å². The van der Waals surface area contributed by atoms with Crippen LogP contribution in [0.15, 0.2) is 23.4 Å². The highest BCUT2D eigenvalue weighted by molar-refractivity contribution is 6.31. The van der Waals surface area contributed by atoms with Crippen LogP contribution in [0.4, 0.5) is 5.69 Å². The van der Waals surface area contributed by atoms with Crippen LogP contribution in [0.3, 0.4) is 0 Å². The van der Waals surface area contributed by atoms with E-state index >= 15 is 0 Å². The Kier molecular flexibility index (Phi) is 4.17. The molecule has 0 bridgehead atoms. The number of hydrogen-bond donors (Lipinski definition) is 2. The molecule has 2 atom stereocenters. The Bertz CT molecular complexity index is 483. The van der Waals surface area contributed by atoms with Crippen LogP contribution in [0.1, 0.15) is 19.4 Å². The zero-order chi connectivity index (χ0) is 14.0. The van der Waals surface area contributed by atoms with Gasteiger partial charge in [0.1, 0.15) is 0 Å². The van der Waals surface area contributed by atoms with Crippen molar-refractivity contribution in [3.05, 3.63) is 28.8 Å². The zero-order valence-electron chi connectivity index (χ0n) is 11.0. The Morgan fingerprint density at radius 2 is 2.05 bits per heavy atom. The lowest BCUT2D eigenvalue weighted by molar-refractivity contribution is -0.00522. The Morgan fingerprint density at radius 1 is 1.42 bits per heavy atom. The van der Waals surface area contributed by atoms with Gasteiger partial charge in [0.15, 0.2) is 5.84 Å². The van der Waals surface area contributed by atoms with Gasteiger partial charge >= 0.3 is 0 Å². The fourth-order valence-electron chi connectivity index (χ4n) is 2.41. The van der Waals surface area contributed by atoms with Gasteiger partial charge in [0, 0.05) is 29.4 Å². The predicted molar refractivity (Wildman–Crippen MR) is 76.2 cm³/mol. The standard InChI is InChI=1S/C13H18ClN3O2/c1-8-6-17(7-9(2)19-8)12-5-10(14)3-4-11(12)13(15)16-18/h3-5,8-9,18H,6-7H2,1-2H3,(H2,15,16)/t8-,9+. The summed E-state index contributed by atoms with van der Waals surface area (Å²) in [4.78, 5) is 2.15. The van der Waals surface area contributed by atoms with Gasteiger partial charge in [-0.2, -0.15) is 0 Å². The van der Waals surface area contributed by atoms with Gasteiger partial charge in [0.2, 0.25) is 0 Å². The molecule has 1 heterocycles. The first kappa shape index (κ1) is 14.0. The Balaban J connectivity index is 2.39. The van der Waals surface area contributed by atoms with Crippen LogP contribution in [0.2, 0.25) is 5.02 Å². The lowest BCUT2D eigenvalue weighted by Gasteiger charge is -2.37. The van der Waals surface area contributed by atoms with Crippen LogP contribution in [0.5, 0.6) is 0 Å². The predicted octanol–water partition coefficient (Wildman–Crippen LogP) is 2.05. The number of oxime groups is 1. The monoisotopic (exact) mass is 283 g/mol. The van der Waals surface area contributed by atoms with Gasteiger partial charge < -0.3 is 20.6 Å². The number of anilines is 1. The molecule has 0 aromatic heterocycles. The van der Waals surface area contributed by atoms with Crippen molar-refractivity contribution in [1.29, 1.82) is 0 Å². The molecule has 1 saturated heterocycles. The molecular weight excluding hydrogens is 266 g/mol. The fourth-order valence-corrected chi connectivity index (χ4v) is 2.58. The lowest BCUT2D eigenvalue weighted by Crippen LogP contribution is -2.46. The highest BCUT2D eigenvalue weighted by Crippen LogP contribution is 2.27. The molecule has 104 valence electrons. The molecule has 0 spiro atoms. The van der Waals surface area contributed by atoms with Gasteiger partial charge in [-0.1, -0.05) is 16.8 Å². The second-order valence-electron chi connectivity index (χ2n) is 4.81. The summed E-state index contributed by atoms with van der Waals surface area (Å²) in [6.45, 7) is 5.54. The molecule has 3 N–H and O–H groups in total. The SMILES string of the molecule is C[C@@H]1CN(c2cc(Cl)ccc2/C(N)=N/O)C[C@H](C)O1. The number of halogens is 1. The number of morpholine rings is 1. The molecule has 0 amide bonds. The first-order valence-electron chi connectivity index (χ1n) is 6.19. The quantitative estimate of drug-likeness (QED) is 0.377. The molecule has 0 radical (unpaired) electrons. The number of hydrogen-bond acceptors (Lipinski definition) is 4. The molecule has 6 heteroatoms. The molecule has 5 nitrogen and oxygen atoms in total. The largest absolute Gasteiger partial charge is 0.409 e. The van der Waals surface area contributed by atoms with E-state index < -0.39 is 0 Å². The molecule has 1 fully saturated rings. The van der Waals surface area contributed by atoms with E-state index in [1.165, 1.54) is 0 Å². The van der Waals surface area contributed by atoms with Crippen LogP contribution < -0.4 is 10.6 Å². The molecule has 1 aromatic rings. The van der Waals surface area contributed by atoms with Crippen molar-refractivity contribution in [1.82, 2.24) is 0 Å². The second kappa shape index (κ2) is 5.67. The second-order valence-corrected chi connectivity index (χ2v) is 5.25. The van der Waals surface area contributed by atoms with Crippen molar-refractivity contribution in [2.45, 2.75) is 26.1 Å². The summed E-state index contributed by atoms with van der Waals surface area (Å²) >= 11 is 6.06. The van der Waals surface area contributed by atoms with Crippen molar-refractivity contribution in [2.24, 2.45) is 10.9 Å². The minimum Gasteiger partial charge on any atom is -0.409 e. The van der Waals surface area contributed by atoms with E-state index in [4.69, 9.17) is 27.3 Å². The van der Waals surface area contributed by atoms with Crippen molar-refractivity contribution in [3.8, 4) is 0 Å². The maximum Gasteiger partial charge on any atom is 0.172 e. The number of rotatable bonds is 2. The average molecular weight is 284 g/mol. The highest BCUT2D eigenvalue weighted by Gasteiger charge is 2.24. The third-order valence-corrected chi connectivity index (χ3v) is 3.34. The highest BCUT2D eigenvalue weighted by atomic mass is 35.5. The van der Waals surface area contributed by atoms with Crippen LogP contribution in [-0.4, -0.2) is 36.3 Å². The minimum atomic E-state index is 0.0819. The molecule has 0 saturated carbocycles. The molecule has 0 aliphatic carbocycles. The maximum atomic E-state index is 8.87. The Labute approximate surface area is 117 Å². The van der Waals surface area contributed by atoms with Crippen LogP contribution >= 0.6 is 11.6 Å². The zero-order valence-corrected chi connectivity index (χ0v) is 11.8. The normalized spacial score (nSPS) is 24.6. The topological polar surface area (TPSA) is 71.1 Å². The van der Waals surface area contributed by atoms with E-state index in [1.54, 1.807) is 12.1 Å². The molecule has 19 heavy (non-hydrogen) atoms. The summed E-state index contributed by atoms with van der Waals surface area (Å²) in [5.41, 5.74) is 7.26. The number of nitrogens with two attached hydrogens (primary N) is 1. The van der Waals surface area contributed by atoms with Gasteiger partial charge in [-0.25, -0.2) is 0 Å². The lowest BCUT2D eigenvalue weighted by atomic mass is 10.1. The number of benzene rings is 1. The Morgan fingerprint density at radius 3 is 2.63 bits per heavy atom. The van der Waals surface area contributed by atoms with E-state index in [0.717, 1.165) is 18.8 Å². The van der Waals surface area contributed by atoms with Gasteiger partial charge in [-0.05, 0) is 32.0 Å². The fraction of sp³-hybridized carbons (Fsp3) is 0.462. The molecule has 1 aliphatic rings. The van der Waals surface area contributed by atoms with Crippen LogP contribution in [0.25, 0.3) is 0 Å². The van der Waals surface area contributed by atoms with Gasteiger partial charge in [-0.3, -0.25) is 0 Å². The molecule has 1 aliphatic heterocycles. The van der Waals surface area contributed by atoms with Crippen molar-refractivity contribution in [3.63, 3.8) is 0 Å². The first-order chi connectivity index (χ1) is 9.01. The average Bonchev–Trinajstić information content (AvgIpc) is 2.36. The van der Waals surface area contributed by atoms with Crippen molar-refractivity contribution < 1.29 is 9.94 Å². The molecule has 0 unspecified atom stereocenters. The third kappa shape index (κ3) is 3.11. The summed E-state index contributed by atoms with van der Waals surface area (Å²) in [6, 6.07) is 5.32. The minimum absolute atomic E-state index is 0.0819. The first-order valence-corrected chi connectivity index (χ1v) is 6.57. The van der Waals surface area contributed by atoms with Gasteiger partial charge in [0.25, 0.3) is 0 Å². The van der Waals surface area contributed by atoms with Crippen molar-refractivity contribution >= 4 is 23.1 Å². The molecular formula is C13H18ClN3O2. The van der Waals surface area contributed by atoms with E-state index in [-0.39, 0.29) is 18.0 Å². The summed E-state index contributed by atoms with van der Waals surface area (Å²) in [5, 5.41) is 12.6. The summed E-state index contributed by atoms with van der Waals surface area (Å²) < 4.78 is 5.71. The van der Waals surface area contributed by atoms with E-state index in [9.17, 15) is 0 Å². The molecule has 1 aromatic carbocycles. The number of ether oxygens (including phenoxy) is 1. The number of amidine groups is 1. The molecule has 2 rings (SSSR count). The van der Waals surface area contributed by atoms with E-state index in [2.05, 4.69) is 10.1 Å². The smallest absolute Gasteiger partial charge is 0.172 e. The van der Waals surface area contributed by atoms with E-state index in [1.807, 2.05) is 19.9 Å². The number of nitrogens with zero attached hydrogens (tertiary/aromatic N) is 2.